The molecule has 0 saturated carbocycles. The van der Waals surface area contributed by atoms with Gasteiger partial charge in [-0.3, -0.25) is 9.59 Å². The number of ether oxygens (including phenoxy) is 2. The highest BCUT2D eigenvalue weighted by atomic mass is 16.6. The quantitative estimate of drug-likeness (QED) is 0.712. The number of rotatable bonds is 5. The molecule has 2 fully saturated rings. The van der Waals surface area contributed by atoms with Gasteiger partial charge in [0.2, 0.25) is 5.91 Å². The monoisotopic (exact) mass is 418 g/mol. The lowest BCUT2D eigenvalue weighted by molar-refractivity contribution is -0.170. The van der Waals surface area contributed by atoms with Crippen LogP contribution in [-0.2, 0) is 25.5 Å². The van der Waals surface area contributed by atoms with Crippen LogP contribution in [0.3, 0.4) is 0 Å². The second-order valence-corrected chi connectivity index (χ2v) is 9.07. The fraction of sp³-hybridized carbons (Fsp3) is 0.591. The van der Waals surface area contributed by atoms with Gasteiger partial charge in [0.05, 0.1) is 6.04 Å². The zero-order chi connectivity index (χ0) is 22.2. The molecule has 1 aromatic rings. The van der Waals surface area contributed by atoms with Crippen LogP contribution in [0.15, 0.2) is 30.3 Å². The minimum atomic E-state index is -1.66. The number of piperidine rings is 1. The smallest absolute Gasteiger partial charge is 0.408 e. The zero-order valence-electron chi connectivity index (χ0n) is 17.9. The fourth-order valence-corrected chi connectivity index (χ4v) is 4.60. The van der Waals surface area contributed by atoms with E-state index in [1.165, 1.54) is 12.0 Å². The van der Waals surface area contributed by atoms with Crippen LogP contribution < -0.4 is 5.32 Å². The molecule has 2 saturated heterocycles. The molecule has 2 heterocycles. The minimum Gasteiger partial charge on any atom is -0.480 e. The number of nitrogens with one attached hydrogen (secondary N) is 1. The summed E-state index contributed by atoms with van der Waals surface area (Å²) in [6.07, 6.45) is 0.563. The number of carbonyl (C=O) groups excluding carboxylic acids is 2. The molecular formula is C22H30N2O6. The largest absolute Gasteiger partial charge is 0.480 e. The first-order valence-corrected chi connectivity index (χ1v) is 10.2. The number of methoxy groups -OCH3 is 1. The molecule has 0 aliphatic carbocycles. The van der Waals surface area contributed by atoms with Crippen LogP contribution in [-0.4, -0.2) is 59.0 Å². The molecule has 30 heavy (non-hydrogen) atoms. The van der Waals surface area contributed by atoms with E-state index in [1.54, 1.807) is 20.8 Å². The van der Waals surface area contributed by atoms with Crippen LogP contribution in [0.5, 0.6) is 0 Å². The summed E-state index contributed by atoms with van der Waals surface area (Å²) in [5.41, 5.74) is -2.81. The Morgan fingerprint density at radius 3 is 2.50 bits per heavy atom. The Bertz CT molecular complexity index is 821. The number of carbonyl (C=O) groups is 3. The highest BCUT2D eigenvalue weighted by Gasteiger charge is 2.67. The molecule has 0 spiro atoms. The Kier molecular flexibility index (Phi) is 5.82. The van der Waals surface area contributed by atoms with Crippen LogP contribution in [0.25, 0.3) is 0 Å². The summed E-state index contributed by atoms with van der Waals surface area (Å²) in [6.45, 7) is 5.67. The van der Waals surface area contributed by atoms with Gasteiger partial charge >= 0.3 is 12.1 Å². The van der Waals surface area contributed by atoms with Gasteiger partial charge in [-0.05, 0) is 45.6 Å². The Hall–Kier alpha value is -2.61. The number of carboxylic acid groups (broad SMARTS) is 1. The molecule has 2 amide bonds. The number of fused-ring (bicyclic) bond motifs is 1. The van der Waals surface area contributed by atoms with E-state index in [2.05, 4.69) is 5.32 Å². The van der Waals surface area contributed by atoms with Crippen molar-refractivity contribution in [2.75, 3.05) is 13.7 Å². The van der Waals surface area contributed by atoms with Gasteiger partial charge in [0, 0.05) is 20.1 Å². The number of carboxylic acids is 1. The Labute approximate surface area is 176 Å². The molecule has 0 unspecified atom stereocenters. The third kappa shape index (κ3) is 3.88. The number of amides is 2. The summed E-state index contributed by atoms with van der Waals surface area (Å²) in [5.74, 6) is -1.66. The standard InChI is InChI=1S/C22H30N2O6/c1-20(2,3)30-19(28)23-16-11-8-12-24-17(25)21(18(26)27,14-22(16,24)29-4)13-15-9-6-5-7-10-15/h5-7,9-10,16H,8,11-14H2,1-4H3,(H,23,28)(H,26,27)/t16-,21-,22+/m0/s1. The minimum absolute atomic E-state index is 0.0555. The van der Waals surface area contributed by atoms with Gasteiger partial charge in [0.25, 0.3) is 0 Å². The van der Waals surface area contributed by atoms with E-state index in [1.807, 2.05) is 30.3 Å². The summed E-state index contributed by atoms with van der Waals surface area (Å²) in [5, 5.41) is 13.0. The molecule has 8 nitrogen and oxygen atoms in total. The average Bonchev–Trinajstić information content (AvgIpc) is 2.92. The van der Waals surface area contributed by atoms with E-state index in [-0.39, 0.29) is 12.8 Å². The highest BCUT2D eigenvalue weighted by Crippen LogP contribution is 2.50. The molecule has 2 N–H and O–H groups in total. The van der Waals surface area contributed by atoms with Crippen molar-refractivity contribution in [1.82, 2.24) is 10.2 Å². The van der Waals surface area contributed by atoms with Crippen molar-refractivity contribution in [3.63, 3.8) is 0 Å². The summed E-state index contributed by atoms with van der Waals surface area (Å²) >= 11 is 0. The molecular weight excluding hydrogens is 388 g/mol. The van der Waals surface area contributed by atoms with E-state index in [0.29, 0.717) is 19.4 Å². The summed E-state index contributed by atoms with van der Waals surface area (Å²) < 4.78 is 11.2. The molecule has 8 heteroatoms. The third-order valence-electron chi connectivity index (χ3n) is 5.89. The van der Waals surface area contributed by atoms with Gasteiger partial charge in [-0.1, -0.05) is 30.3 Å². The van der Waals surface area contributed by atoms with Gasteiger partial charge < -0.3 is 24.8 Å². The fourth-order valence-electron chi connectivity index (χ4n) is 4.60. The number of hydrogen-bond donors (Lipinski definition) is 2. The predicted molar refractivity (Wildman–Crippen MR) is 109 cm³/mol. The van der Waals surface area contributed by atoms with Gasteiger partial charge in [-0.15, -0.1) is 0 Å². The lowest BCUT2D eigenvalue weighted by Crippen LogP contribution is -2.64. The molecule has 3 rings (SSSR count). The van der Waals surface area contributed by atoms with E-state index in [4.69, 9.17) is 9.47 Å². The molecule has 0 aromatic heterocycles. The van der Waals surface area contributed by atoms with Crippen LogP contribution in [0, 0.1) is 5.41 Å². The van der Waals surface area contributed by atoms with Crippen LogP contribution >= 0.6 is 0 Å². The van der Waals surface area contributed by atoms with Crippen LogP contribution in [0.4, 0.5) is 4.79 Å². The van der Waals surface area contributed by atoms with Crippen molar-refractivity contribution in [3.8, 4) is 0 Å². The third-order valence-corrected chi connectivity index (χ3v) is 5.89. The lowest BCUT2D eigenvalue weighted by atomic mass is 9.76. The first kappa shape index (κ1) is 22.1. The number of nitrogens with zero attached hydrogens (tertiary/aromatic N) is 1. The molecule has 2 aliphatic rings. The van der Waals surface area contributed by atoms with Crippen molar-refractivity contribution in [3.05, 3.63) is 35.9 Å². The van der Waals surface area contributed by atoms with Crippen LogP contribution in [0.1, 0.15) is 45.6 Å². The summed E-state index contributed by atoms with van der Waals surface area (Å²) in [7, 11) is 1.45. The Morgan fingerprint density at radius 2 is 1.93 bits per heavy atom. The van der Waals surface area contributed by atoms with E-state index >= 15 is 0 Å². The number of alkyl carbamates (subject to hydrolysis) is 1. The molecule has 0 radical (unpaired) electrons. The molecule has 3 atom stereocenters. The maximum atomic E-state index is 13.5. The summed E-state index contributed by atoms with van der Waals surface area (Å²) in [4.78, 5) is 39.8. The second-order valence-electron chi connectivity index (χ2n) is 9.07. The first-order valence-electron chi connectivity index (χ1n) is 10.2. The van der Waals surface area contributed by atoms with Crippen molar-refractivity contribution < 1.29 is 29.0 Å². The maximum Gasteiger partial charge on any atom is 0.408 e. The lowest BCUT2D eigenvalue weighted by Gasteiger charge is -2.46. The van der Waals surface area contributed by atoms with Crippen LogP contribution in [0.2, 0.25) is 0 Å². The first-order chi connectivity index (χ1) is 14.0. The Balaban J connectivity index is 1.95. The van der Waals surface area contributed by atoms with Gasteiger partial charge in [-0.25, -0.2) is 4.79 Å². The zero-order valence-corrected chi connectivity index (χ0v) is 17.9. The molecule has 164 valence electrons. The van der Waals surface area contributed by atoms with E-state index in [0.717, 1.165) is 5.56 Å². The second kappa shape index (κ2) is 7.91. The normalized spacial score (nSPS) is 28.7. The molecule has 2 aliphatic heterocycles. The topological polar surface area (TPSA) is 105 Å². The Morgan fingerprint density at radius 1 is 1.27 bits per heavy atom. The van der Waals surface area contributed by atoms with Crippen molar-refractivity contribution >= 4 is 18.0 Å². The molecule has 0 bridgehead atoms. The predicted octanol–water partition coefficient (Wildman–Crippen LogP) is 2.56. The van der Waals surface area contributed by atoms with E-state index < -0.39 is 40.8 Å². The molecule has 1 aromatic carbocycles. The highest BCUT2D eigenvalue weighted by molar-refractivity contribution is 6.04. The number of hydrogen-bond acceptors (Lipinski definition) is 5. The summed E-state index contributed by atoms with van der Waals surface area (Å²) in [6, 6.07) is 8.52. The average molecular weight is 418 g/mol. The van der Waals surface area contributed by atoms with Gasteiger partial charge in [0.1, 0.15) is 5.60 Å². The maximum absolute atomic E-state index is 13.5. The number of aliphatic carboxylic acids is 1. The number of benzene rings is 1. The van der Waals surface area contributed by atoms with Crippen molar-refractivity contribution in [2.45, 2.75) is 63.8 Å². The van der Waals surface area contributed by atoms with Gasteiger partial charge in [-0.2, -0.15) is 0 Å². The van der Waals surface area contributed by atoms with Crippen molar-refractivity contribution in [2.24, 2.45) is 5.41 Å². The SMILES string of the molecule is CO[C@@]12C[C@](Cc3ccccc3)(C(=O)O)C(=O)N1CCC[C@@H]2NC(=O)OC(C)(C)C. The van der Waals surface area contributed by atoms with Crippen molar-refractivity contribution in [1.29, 1.82) is 0 Å². The van der Waals surface area contributed by atoms with E-state index in [9.17, 15) is 19.5 Å². The van der Waals surface area contributed by atoms with Gasteiger partial charge in [0.15, 0.2) is 11.1 Å².